The first-order valence-corrected chi connectivity index (χ1v) is 9.13. The van der Waals surface area contributed by atoms with Crippen LogP contribution in [-0.2, 0) is 6.54 Å². The standard InChI is InChI=1S/C20H18N4OS/c1-13-18(19(25)22-15-10-6-3-7-11-15)26-20-23-17(16(12-21)24(13)20)14-8-4-2-5-9-14/h2-11H,12,21H2,1H3,(H,22,25). The van der Waals surface area contributed by atoms with Gasteiger partial charge >= 0.3 is 0 Å². The van der Waals surface area contributed by atoms with E-state index in [1.807, 2.05) is 72.0 Å². The predicted molar refractivity (Wildman–Crippen MR) is 106 cm³/mol. The molecule has 4 rings (SSSR count). The van der Waals surface area contributed by atoms with Crippen LogP contribution in [0.1, 0.15) is 21.1 Å². The van der Waals surface area contributed by atoms with E-state index in [1.165, 1.54) is 11.3 Å². The fourth-order valence-electron chi connectivity index (χ4n) is 3.05. The molecule has 0 aliphatic carbocycles. The molecule has 130 valence electrons. The van der Waals surface area contributed by atoms with Crippen LogP contribution >= 0.6 is 11.3 Å². The van der Waals surface area contributed by atoms with E-state index in [0.717, 1.165) is 33.3 Å². The van der Waals surface area contributed by atoms with Crippen molar-refractivity contribution in [1.29, 1.82) is 0 Å². The molecule has 0 radical (unpaired) electrons. The first kappa shape index (κ1) is 16.5. The molecular weight excluding hydrogens is 344 g/mol. The Kier molecular flexibility index (Phi) is 4.28. The number of anilines is 1. The number of aromatic nitrogens is 2. The van der Waals surface area contributed by atoms with Crippen molar-refractivity contribution in [3.63, 3.8) is 0 Å². The number of para-hydroxylation sites is 1. The van der Waals surface area contributed by atoms with Gasteiger partial charge in [-0.2, -0.15) is 0 Å². The van der Waals surface area contributed by atoms with Crippen molar-refractivity contribution in [3.05, 3.63) is 76.9 Å². The number of carbonyl (C=O) groups excluding carboxylic acids is 1. The van der Waals surface area contributed by atoms with Gasteiger partial charge in [0, 0.05) is 23.5 Å². The largest absolute Gasteiger partial charge is 0.325 e. The summed E-state index contributed by atoms with van der Waals surface area (Å²) in [4.78, 5) is 18.9. The second-order valence-electron chi connectivity index (χ2n) is 5.93. The van der Waals surface area contributed by atoms with Crippen molar-refractivity contribution in [1.82, 2.24) is 9.38 Å². The molecule has 2 aromatic carbocycles. The third kappa shape index (κ3) is 2.79. The minimum absolute atomic E-state index is 0.131. The fourth-order valence-corrected chi connectivity index (χ4v) is 4.09. The number of hydrogen-bond donors (Lipinski definition) is 2. The number of imidazole rings is 1. The van der Waals surface area contributed by atoms with Crippen LogP contribution in [0.15, 0.2) is 60.7 Å². The highest BCUT2D eigenvalue weighted by Crippen LogP contribution is 2.31. The number of nitrogens with zero attached hydrogens (tertiary/aromatic N) is 2. The lowest BCUT2D eigenvalue weighted by Gasteiger charge is -2.06. The molecule has 1 amide bonds. The van der Waals surface area contributed by atoms with Gasteiger partial charge in [-0.1, -0.05) is 59.9 Å². The molecule has 2 aromatic heterocycles. The van der Waals surface area contributed by atoms with E-state index >= 15 is 0 Å². The molecule has 0 unspecified atom stereocenters. The predicted octanol–water partition coefficient (Wildman–Crippen LogP) is 4.08. The highest BCUT2D eigenvalue weighted by molar-refractivity contribution is 7.19. The number of thiazole rings is 1. The summed E-state index contributed by atoms with van der Waals surface area (Å²) in [5.41, 5.74) is 10.5. The second-order valence-corrected chi connectivity index (χ2v) is 6.91. The molecule has 5 nitrogen and oxygen atoms in total. The van der Waals surface area contributed by atoms with Crippen LogP contribution in [0.4, 0.5) is 5.69 Å². The van der Waals surface area contributed by atoms with Gasteiger partial charge in [0.2, 0.25) is 0 Å². The molecule has 0 aliphatic heterocycles. The highest BCUT2D eigenvalue weighted by Gasteiger charge is 2.22. The number of aryl methyl sites for hydroxylation is 1. The van der Waals surface area contributed by atoms with E-state index in [-0.39, 0.29) is 5.91 Å². The number of benzene rings is 2. The van der Waals surface area contributed by atoms with E-state index in [1.54, 1.807) is 0 Å². The van der Waals surface area contributed by atoms with Crippen molar-refractivity contribution in [2.75, 3.05) is 5.32 Å². The monoisotopic (exact) mass is 362 g/mol. The Morgan fingerprint density at radius 3 is 2.42 bits per heavy atom. The lowest BCUT2D eigenvalue weighted by atomic mass is 10.1. The topological polar surface area (TPSA) is 72.4 Å². The number of nitrogens with two attached hydrogens (primary N) is 1. The lowest BCUT2D eigenvalue weighted by molar-refractivity contribution is 0.102. The molecule has 26 heavy (non-hydrogen) atoms. The Hall–Kier alpha value is -2.96. The number of rotatable bonds is 4. The highest BCUT2D eigenvalue weighted by atomic mass is 32.1. The van der Waals surface area contributed by atoms with Gasteiger partial charge in [-0.3, -0.25) is 9.20 Å². The van der Waals surface area contributed by atoms with E-state index < -0.39 is 0 Å². The third-order valence-electron chi connectivity index (χ3n) is 4.28. The normalized spacial score (nSPS) is 11.0. The number of nitrogens with one attached hydrogen (secondary N) is 1. The molecule has 0 saturated carbocycles. The Labute approximate surface area is 155 Å². The zero-order valence-electron chi connectivity index (χ0n) is 14.3. The average Bonchev–Trinajstić information content (AvgIpc) is 3.20. The minimum Gasteiger partial charge on any atom is -0.325 e. The molecule has 0 saturated heterocycles. The van der Waals surface area contributed by atoms with Gasteiger partial charge in [-0.25, -0.2) is 4.98 Å². The van der Waals surface area contributed by atoms with Crippen molar-refractivity contribution < 1.29 is 4.79 Å². The maximum atomic E-state index is 12.7. The minimum atomic E-state index is -0.131. The molecule has 0 aliphatic rings. The first-order valence-electron chi connectivity index (χ1n) is 8.31. The number of amides is 1. The summed E-state index contributed by atoms with van der Waals surface area (Å²) >= 11 is 1.38. The Morgan fingerprint density at radius 2 is 1.77 bits per heavy atom. The summed E-state index contributed by atoms with van der Waals surface area (Å²) in [6.45, 7) is 2.28. The Morgan fingerprint density at radius 1 is 1.12 bits per heavy atom. The molecule has 3 N–H and O–H groups in total. The molecular formula is C20H18N4OS. The maximum Gasteiger partial charge on any atom is 0.267 e. The number of hydrogen-bond acceptors (Lipinski definition) is 4. The van der Waals surface area contributed by atoms with Crippen LogP contribution in [-0.4, -0.2) is 15.3 Å². The zero-order valence-corrected chi connectivity index (χ0v) is 15.1. The zero-order chi connectivity index (χ0) is 18.1. The quantitative estimate of drug-likeness (QED) is 0.574. The molecule has 4 aromatic rings. The number of carbonyl (C=O) groups is 1. The molecule has 0 atom stereocenters. The Bertz CT molecular complexity index is 1070. The Balaban J connectivity index is 1.76. The van der Waals surface area contributed by atoms with Crippen LogP contribution in [0.5, 0.6) is 0 Å². The van der Waals surface area contributed by atoms with Crippen molar-refractivity contribution >= 4 is 27.9 Å². The molecule has 0 bridgehead atoms. The van der Waals surface area contributed by atoms with Gasteiger partial charge < -0.3 is 11.1 Å². The SMILES string of the molecule is Cc1c(C(=O)Nc2ccccc2)sc2nc(-c3ccccc3)c(CN)n12. The van der Waals surface area contributed by atoms with Crippen LogP contribution in [0.2, 0.25) is 0 Å². The van der Waals surface area contributed by atoms with Gasteiger partial charge in [-0.15, -0.1) is 0 Å². The smallest absolute Gasteiger partial charge is 0.267 e. The van der Waals surface area contributed by atoms with E-state index in [4.69, 9.17) is 10.7 Å². The van der Waals surface area contributed by atoms with Crippen LogP contribution in [0.25, 0.3) is 16.2 Å². The van der Waals surface area contributed by atoms with E-state index in [2.05, 4.69) is 5.32 Å². The summed E-state index contributed by atoms with van der Waals surface area (Å²) in [6.07, 6.45) is 0. The summed E-state index contributed by atoms with van der Waals surface area (Å²) in [5, 5.41) is 2.93. The van der Waals surface area contributed by atoms with Crippen LogP contribution in [0, 0.1) is 6.92 Å². The second kappa shape index (κ2) is 6.74. The van der Waals surface area contributed by atoms with Crippen LogP contribution < -0.4 is 11.1 Å². The summed E-state index contributed by atoms with van der Waals surface area (Å²) < 4.78 is 1.99. The van der Waals surface area contributed by atoms with E-state index in [0.29, 0.717) is 11.4 Å². The summed E-state index contributed by atoms with van der Waals surface area (Å²) in [7, 11) is 0. The van der Waals surface area contributed by atoms with Crippen LogP contribution in [0.3, 0.4) is 0 Å². The summed E-state index contributed by atoms with van der Waals surface area (Å²) in [6, 6.07) is 19.4. The van der Waals surface area contributed by atoms with Crippen molar-refractivity contribution in [3.8, 4) is 11.3 Å². The fraction of sp³-hybridized carbons (Fsp3) is 0.100. The van der Waals surface area contributed by atoms with Crippen molar-refractivity contribution in [2.24, 2.45) is 5.73 Å². The molecule has 6 heteroatoms. The maximum absolute atomic E-state index is 12.7. The van der Waals surface area contributed by atoms with Gasteiger partial charge in [0.15, 0.2) is 4.96 Å². The van der Waals surface area contributed by atoms with Gasteiger partial charge in [-0.05, 0) is 19.1 Å². The molecule has 0 fully saturated rings. The molecule has 0 spiro atoms. The first-order chi connectivity index (χ1) is 12.7. The van der Waals surface area contributed by atoms with Gasteiger partial charge in [0.1, 0.15) is 4.88 Å². The van der Waals surface area contributed by atoms with Gasteiger partial charge in [0.25, 0.3) is 5.91 Å². The number of fused-ring (bicyclic) bond motifs is 1. The molecule has 2 heterocycles. The average molecular weight is 362 g/mol. The third-order valence-corrected chi connectivity index (χ3v) is 5.42. The summed E-state index contributed by atoms with van der Waals surface area (Å²) in [5.74, 6) is -0.131. The van der Waals surface area contributed by atoms with E-state index in [9.17, 15) is 4.79 Å². The lowest BCUT2D eigenvalue weighted by Crippen LogP contribution is -2.12. The van der Waals surface area contributed by atoms with Crippen molar-refractivity contribution in [2.45, 2.75) is 13.5 Å². The van der Waals surface area contributed by atoms with Gasteiger partial charge in [0.05, 0.1) is 11.4 Å².